The van der Waals surface area contributed by atoms with Crippen molar-refractivity contribution in [3.05, 3.63) is 65.4 Å². The molecule has 0 spiro atoms. The first-order valence-corrected chi connectivity index (χ1v) is 8.86. The Morgan fingerprint density at radius 2 is 1.96 bits per heavy atom. The first kappa shape index (κ1) is 16.6. The highest BCUT2D eigenvalue weighted by atomic mass is 32.2. The highest BCUT2D eigenvalue weighted by Gasteiger charge is 2.16. The normalized spacial score (nSPS) is 11.0. The van der Waals surface area contributed by atoms with Crippen LogP contribution in [0, 0.1) is 20.8 Å². The predicted molar refractivity (Wildman–Crippen MR) is 98.1 cm³/mol. The van der Waals surface area contributed by atoms with Gasteiger partial charge in [-0.1, -0.05) is 35.5 Å². The molecule has 2 aromatic heterocycles. The molecule has 0 unspecified atom stereocenters. The van der Waals surface area contributed by atoms with Crippen molar-refractivity contribution in [2.75, 3.05) is 0 Å². The molecular weight excluding hydrogens is 318 g/mol. The summed E-state index contributed by atoms with van der Waals surface area (Å²) in [4.78, 5) is 0. The zero-order valence-electron chi connectivity index (χ0n) is 14.2. The fraction of sp³-hybridized carbons (Fsp3) is 0.263. The summed E-state index contributed by atoms with van der Waals surface area (Å²) in [6.45, 7) is 11.0. The molecule has 0 fully saturated rings. The van der Waals surface area contributed by atoms with Crippen LogP contribution in [0.25, 0.3) is 11.6 Å². The molecule has 5 heteroatoms. The van der Waals surface area contributed by atoms with Gasteiger partial charge in [-0.2, -0.15) is 0 Å². The fourth-order valence-corrected chi connectivity index (χ4v) is 4.00. The maximum absolute atomic E-state index is 5.47. The highest BCUT2D eigenvalue weighted by molar-refractivity contribution is 7.98. The summed E-state index contributed by atoms with van der Waals surface area (Å²) in [6.07, 6.45) is 3.50. The zero-order valence-corrected chi connectivity index (χ0v) is 15.1. The van der Waals surface area contributed by atoms with E-state index in [1.54, 1.807) is 18.0 Å². The van der Waals surface area contributed by atoms with E-state index in [1.807, 2.05) is 22.8 Å². The summed E-state index contributed by atoms with van der Waals surface area (Å²) in [5.41, 5.74) is 5.30. The van der Waals surface area contributed by atoms with Gasteiger partial charge in [-0.15, -0.1) is 16.8 Å². The summed E-state index contributed by atoms with van der Waals surface area (Å²) < 4.78 is 7.50. The van der Waals surface area contributed by atoms with Crippen LogP contribution in [0.3, 0.4) is 0 Å². The summed E-state index contributed by atoms with van der Waals surface area (Å²) >= 11 is 1.69. The summed E-state index contributed by atoms with van der Waals surface area (Å²) in [5.74, 6) is 2.32. The van der Waals surface area contributed by atoms with Crippen molar-refractivity contribution in [3.8, 4) is 11.6 Å². The molecule has 0 bridgehead atoms. The molecule has 124 valence electrons. The number of nitrogens with zero attached hydrogens (tertiary/aromatic N) is 3. The van der Waals surface area contributed by atoms with E-state index in [1.165, 1.54) is 22.3 Å². The molecule has 0 aliphatic carbocycles. The topological polar surface area (TPSA) is 43.9 Å². The standard InChI is InChI=1S/C19H21N3OS/c1-5-8-22-18(17-7-6-9-23-17)20-21-19(22)24-12-16-14(3)10-13(2)11-15(16)4/h5-7,9-11H,1,8,12H2,2-4H3. The molecule has 3 aromatic rings. The minimum absolute atomic E-state index is 0.650. The van der Waals surface area contributed by atoms with Gasteiger partial charge in [0.2, 0.25) is 5.82 Å². The molecule has 3 rings (SSSR count). The van der Waals surface area contributed by atoms with Crippen LogP contribution in [0.2, 0.25) is 0 Å². The SMILES string of the molecule is C=CCn1c(SCc2c(C)cc(C)cc2C)nnc1-c1ccco1. The quantitative estimate of drug-likeness (QED) is 0.471. The zero-order chi connectivity index (χ0) is 17.1. The van der Waals surface area contributed by atoms with Gasteiger partial charge in [-0.25, -0.2) is 0 Å². The molecule has 0 aliphatic rings. The summed E-state index contributed by atoms with van der Waals surface area (Å²) in [5, 5.41) is 9.53. The smallest absolute Gasteiger partial charge is 0.200 e. The van der Waals surface area contributed by atoms with Crippen molar-refractivity contribution in [3.63, 3.8) is 0 Å². The Morgan fingerprint density at radius 1 is 1.21 bits per heavy atom. The van der Waals surface area contributed by atoms with Crippen LogP contribution in [0.4, 0.5) is 0 Å². The van der Waals surface area contributed by atoms with Gasteiger partial charge in [0.15, 0.2) is 10.9 Å². The third-order valence-electron chi connectivity index (χ3n) is 3.96. The Kier molecular flexibility index (Phi) is 4.90. The fourth-order valence-electron chi connectivity index (χ4n) is 2.85. The Hall–Kier alpha value is -2.27. The van der Waals surface area contributed by atoms with E-state index < -0.39 is 0 Å². The second kappa shape index (κ2) is 7.09. The van der Waals surface area contributed by atoms with Crippen LogP contribution < -0.4 is 0 Å². The Balaban J connectivity index is 1.87. The van der Waals surface area contributed by atoms with Crippen molar-refractivity contribution in [1.29, 1.82) is 0 Å². The van der Waals surface area contributed by atoms with Gasteiger partial charge in [-0.05, 0) is 49.6 Å². The molecule has 0 N–H and O–H groups in total. The van der Waals surface area contributed by atoms with Gasteiger partial charge in [0.1, 0.15) is 0 Å². The van der Waals surface area contributed by atoms with Gasteiger partial charge in [0, 0.05) is 12.3 Å². The van der Waals surface area contributed by atoms with Crippen molar-refractivity contribution < 1.29 is 4.42 Å². The van der Waals surface area contributed by atoms with Crippen LogP contribution in [0.1, 0.15) is 22.3 Å². The number of hydrogen-bond acceptors (Lipinski definition) is 4. The van der Waals surface area contributed by atoms with Crippen molar-refractivity contribution in [1.82, 2.24) is 14.8 Å². The second-order valence-electron chi connectivity index (χ2n) is 5.85. The Morgan fingerprint density at radius 3 is 2.58 bits per heavy atom. The highest BCUT2D eigenvalue weighted by Crippen LogP contribution is 2.29. The minimum Gasteiger partial charge on any atom is -0.461 e. The average Bonchev–Trinajstić information content (AvgIpc) is 3.16. The van der Waals surface area contributed by atoms with E-state index in [0.717, 1.165) is 22.5 Å². The lowest BCUT2D eigenvalue weighted by Gasteiger charge is -2.11. The van der Waals surface area contributed by atoms with E-state index in [2.05, 4.69) is 49.7 Å². The molecule has 24 heavy (non-hydrogen) atoms. The molecule has 4 nitrogen and oxygen atoms in total. The van der Waals surface area contributed by atoms with Gasteiger partial charge < -0.3 is 4.42 Å². The lowest BCUT2D eigenvalue weighted by atomic mass is 10.0. The number of benzene rings is 1. The number of allylic oxidation sites excluding steroid dienone is 1. The molecule has 0 atom stereocenters. The van der Waals surface area contributed by atoms with Crippen LogP contribution in [-0.4, -0.2) is 14.8 Å². The van der Waals surface area contributed by atoms with Gasteiger partial charge in [-0.3, -0.25) is 4.57 Å². The average molecular weight is 339 g/mol. The van der Waals surface area contributed by atoms with E-state index >= 15 is 0 Å². The molecule has 0 aliphatic heterocycles. The van der Waals surface area contributed by atoms with E-state index in [-0.39, 0.29) is 0 Å². The first-order valence-electron chi connectivity index (χ1n) is 7.87. The van der Waals surface area contributed by atoms with Crippen molar-refractivity contribution in [2.24, 2.45) is 0 Å². The molecule has 1 aromatic carbocycles. The molecular formula is C19H21N3OS. The predicted octanol–water partition coefficient (Wildman–Crippen LogP) is 4.94. The molecule has 0 saturated heterocycles. The second-order valence-corrected chi connectivity index (χ2v) is 6.79. The van der Waals surface area contributed by atoms with Crippen LogP contribution in [-0.2, 0) is 12.3 Å². The number of aryl methyl sites for hydroxylation is 3. The number of rotatable bonds is 6. The molecule has 0 saturated carbocycles. The van der Waals surface area contributed by atoms with Crippen LogP contribution >= 0.6 is 11.8 Å². The van der Waals surface area contributed by atoms with Crippen molar-refractivity contribution >= 4 is 11.8 Å². The van der Waals surface area contributed by atoms with Gasteiger partial charge >= 0.3 is 0 Å². The molecule has 2 heterocycles. The summed E-state index contributed by atoms with van der Waals surface area (Å²) in [6, 6.07) is 8.21. The summed E-state index contributed by atoms with van der Waals surface area (Å²) in [7, 11) is 0. The molecule has 0 radical (unpaired) electrons. The number of aromatic nitrogens is 3. The third kappa shape index (κ3) is 3.31. The van der Waals surface area contributed by atoms with Crippen LogP contribution in [0.15, 0.2) is 52.8 Å². The van der Waals surface area contributed by atoms with E-state index in [9.17, 15) is 0 Å². The maximum Gasteiger partial charge on any atom is 0.200 e. The number of furan rings is 1. The third-order valence-corrected chi connectivity index (χ3v) is 4.95. The molecule has 0 amide bonds. The Labute approximate surface area is 146 Å². The lowest BCUT2D eigenvalue weighted by Crippen LogP contribution is -2.01. The monoisotopic (exact) mass is 339 g/mol. The van der Waals surface area contributed by atoms with Crippen LogP contribution in [0.5, 0.6) is 0 Å². The maximum atomic E-state index is 5.47. The van der Waals surface area contributed by atoms with Gasteiger partial charge in [0.05, 0.1) is 6.26 Å². The largest absolute Gasteiger partial charge is 0.461 e. The minimum atomic E-state index is 0.650. The first-order chi connectivity index (χ1) is 11.6. The van der Waals surface area contributed by atoms with E-state index in [0.29, 0.717) is 6.54 Å². The number of hydrogen-bond donors (Lipinski definition) is 0. The van der Waals surface area contributed by atoms with Gasteiger partial charge in [0.25, 0.3) is 0 Å². The number of thioether (sulfide) groups is 1. The van der Waals surface area contributed by atoms with Crippen molar-refractivity contribution in [2.45, 2.75) is 38.2 Å². The Bertz CT molecular complexity index is 827. The van der Waals surface area contributed by atoms with E-state index in [4.69, 9.17) is 4.42 Å². The lowest BCUT2D eigenvalue weighted by molar-refractivity contribution is 0.569.